The molecule has 0 heterocycles. The van der Waals surface area contributed by atoms with E-state index in [1.165, 1.54) is 0 Å². The first-order valence-electron chi connectivity index (χ1n) is 4.81. The average Bonchev–Trinajstić information content (AvgIpc) is 2.20. The molecule has 0 saturated heterocycles. The van der Waals surface area contributed by atoms with E-state index in [9.17, 15) is 9.59 Å². The summed E-state index contributed by atoms with van der Waals surface area (Å²) in [6.45, 7) is 7.63. The summed E-state index contributed by atoms with van der Waals surface area (Å²) in [4.78, 5) is 21.8. The van der Waals surface area contributed by atoms with Crippen LogP contribution in [0.3, 0.4) is 0 Å². The molecule has 0 aliphatic heterocycles. The minimum absolute atomic E-state index is 0. The number of hydrogen-bond acceptors (Lipinski definition) is 4. The van der Waals surface area contributed by atoms with Gasteiger partial charge in [-0.3, -0.25) is 0 Å². The van der Waals surface area contributed by atoms with Gasteiger partial charge in [-0.25, -0.2) is 9.59 Å². The van der Waals surface area contributed by atoms with E-state index in [4.69, 9.17) is 9.47 Å². The summed E-state index contributed by atoms with van der Waals surface area (Å²) in [5.41, 5.74) is 0.337. The van der Waals surface area contributed by atoms with Gasteiger partial charge < -0.3 is 14.8 Å². The van der Waals surface area contributed by atoms with Gasteiger partial charge in [0.1, 0.15) is 6.61 Å². The van der Waals surface area contributed by atoms with Gasteiger partial charge in [0.2, 0.25) is 0 Å². The summed E-state index contributed by atoms with van der Waals surface area (Å²) in [5, 5.41) is 2.44. The summed E-state index contributed by atoms with van der Waals surface area (Å²) in [7, 11) is 0. The first kappa shape index (κ1) is 13.5. The number of amides is 1. The van der Waals surface area contributed by atoms with Crippen molar-refractivity contribution in [1.29, 1.82) is 0 Å². The number of ether oxygens (including phenoxy) is 2. The standard InChI is InChI=1S/C10H17NO4.H2/c1-4-6-15-10(13)11-5-7-14-9(12)8(2)3;/h2,4-7H2,1,3H3,(H,11,13);1H. The molecule has 15 heavy (non-hydrogen) atoms. The van der Waals surface area contributed by atoms with Crippen LogP contribution in [0.5, 0.6) is 0 Å². The van der Waals surface area contributed by atoms with Gasteiger partial charge in [0.15, 0.2) is 0 Å². The van der Waals surface area contributed by atoms with Gasteiger partial charge in [-0.15, -0.1) is 0 Å². The fraction of sp³-hybridized carbons (Fsp3) is 0.600. The highest BCUT2D eigenvalue weighted by molar-refractivity contribution is 5.86. The lowest BCUT2D eigenvalue weighted by atomic mass is 10.4. The first-order chi connectivity index (χ1) is 7.07. The third kappa shape index (κ3) is 7.54. The number of carbonyl (C=O) groups excluding carboxylic acids is 2. The molecule has 5 nitrogen and oxygen atoms in total. The van der Waals surface area contributed by atoms with E-state index in [-0.39, 0.29) is 14.6 Å². The predicted octanol–water partition coefficient (Wildman–Crippen LogP) is 1.49. The van der Waals surface area contributed by atoms with Gasteiger partial charge in [-0.05, 0) is 13.3 Å². The molecule has 0 saturated carbocycles. The van der Waals surface area contributed by atoms with Gasteiger partial charge in [-0.1, -0.05) is 13.5 Å². The topological polar surface area (TPSA) is 64.6 Å². The Balaban J connectivity index is 0. The van der Waals surface area contributed by atoms with Gasteiger partial charge in [-0.2, -0.15) is 0 Å². The molecular weight excluding hydrogens is 198 g/mol. The second-order valence-corrected chi connectivity index (χ2v) is 2.98. The SMILES string of the molecule is C=C(C)C(=O)OCCNC(=O)OCCC.[HH]. The normalized spacial score (nSPS) is 9.20. The van der Waals surface area contributed by atoms with Crippen molar-refractivity contribution in [3.63, 3.8) is 0 Å². The van der Waals surface area contributed by atoms with Crippen LogP contribution < -0.4 is 5.32 Å². The molecule has 0 aliphatic rings. The average molecular weight is 217 g/mol. The highest BCUT2D eigenvalue weighted by Gasteiger charge is 2.03. The molecule has 0 aromatic rings. The molecule has 0 radical (unpaired) electrons. The number of rotatable bonds is 6. The van der Waals surface area contributed by atoms with Crippen LogP contribution in [-0.4, -0.2) is 31.8 Å². The molecule has 0 spiro atoms. The van der Waals surface area contributed by atoms with E-state index in [1.54, 1.807) is 6.92 Å². The Hall–Kier alpha value is -1.52. The van der Waals surface area contributed by atoms with Crippen LogP contribution in [-0.2, 0) is 14.3 Å². The van der Waals surface area contributed by atoms with Crippen molar-refractivity contribution in [2.24, 2.45) is 0 Å². The Morgan fingerprint density at radius 3 is 2.53 bits per heavy atom. The van der Waals surface area contributed by atoms with Gasteiger partial charge in [0.05, 0.1) is 13.2 Å². The smallest absolute Gasteiger partial charge is 0.407 e. The van der Waals surface area contributed by atoms with Gasteiger partial charge >= 0.3 is 12.1 Å². The van der Waals surface area contributed by atoms with E-state index in [1.807, 2.05) is 6.92 Å². The van der Waals surface area contributed by atoms with Gasteiger partial charge in [0.25, 0.3) is 0 Å². The van der Waals surface area contributed by atoms with Crippen LogP contribution in [0, 0.1) is 0 Å². The second kappa shape index (κ2) is 7.84. The maximum absolute atomic E-state index is 10.9. The number of nitrogens with one attached hydrogen (secondary N) is 1. The van der Waals surface area contributed by atoms with E-state index < -0.39 is 12.1 Å². The van der Waals surface area contributed by atoms with E-state index in [0.29, 0.717) is 12.2 Å². The predicted molar refractivity (Wildman–Crippen MR) is 57.5 cm³/mol. The number of carbonyl (C=O) groups is 2. The quantitative estimate of drug-likeness (QED) is 0.416. The molecule has 0 aromatic heterocycles. The molecule has 0 unspecified atom stereocenters. The fourth-order valence-electron chi connectivity index (χ4n) is 0.666. The summed E-state index contributed by atoms with van der Waals surface area (Å²) in [6.07, 6.45) is 0.279. The van der Waals surface area contributed by atoms with Gasteiger partial charge in [0, 0.05) is 7.00 Å². The zero-order valence-corrected chi connectivity index (χ0v) is 9.17. The number of esters is 1. The summed E-state index contributed by atoms with van der Waals surface area (Å²) in [5.74, 6) is -0.460. The second-order valence-electron chi connectivity index (χ2n) is 2.98. The maximum atomic E-state index is 10.9. The van der Waals surface area contributed by atoms with Crippen molar-refractivity contribution in [3.8, 4) is 0 Å². The van der Waals surface area contributed by atoms with Crippen LogP contribution in [0.15, 0.2) is 12.2 Å². The minimum Gasteiger partial charge on any atom is -0.460 e. The molecular formula is C10H19NO4. The molecule has 0 fully saturated rings. The minimum atomic E-state index is -0.497. The molecule has 0 rings (SSSR count). The Morgan fingerprint density at radius 1 is 1.33 bits per heavy atom. The van der Waals surface area contributed by atoms with E-state index in [2.05, 4.69) is 11.9 Å². The molecule has 88 valence electrons. The summed E-state index contributed by atoms with van der Waals surface area (Å²) >= 11 is 0. The van der Waals surface area contributed by atoms with Crippen LogP contribution in [0.2, 0.25) is 0 Å². The Labute approximate surface area is 90.9 Å². The van der Waals surface area contributed by atoms with Crippen molar-refractivity contribution in [2.75, 3.05) is 19.8 Å². The van der Waals surface area contributed by atoms with Crippen LogP contribution in [0.1, 0.15) is 21.7 Å². The maximum Gasteiger partial charge on any atom is 0.407 e. The lowest BCUT2D eigenvalue weighted by Gasteiger charge is -2.06. The monoisotopic (exact) mass is 217 g/mol. The Bertz CT molecular complexity index is 243. The van der Waals surface area contributed by atoms with Crippen molar-refractivity contribution >= 4 is 12.1 Å². The molecule has 0 aliphatic carbocycles. The van der Waals surface area contributed by atoms with E-state index >= 15 is 0 Å². The first-order valence-corrected chi connectivity index (χ1v) is 4.81. The van der Waals surface area contributed by atoms with Crippen molar-refractivity contribution < 1.29 is 20.5 Å². The third-order valence-electron chi connectivity index (χ3n) is 1.39. The zero-order valence-electron chi connectivity index (χ0n) is 9.17. The van der Waals surface area contributed by atoms with Crippen LogP contribution in [0.25, 0.3) is 0 Å². The van der Waals surface area contributed by atoms with Crippen LogP contribution >= 0.6 is 0 Å². The lowest BCUT2D eigenvalue weighted by molar-refractivity contribution is -0.138. The summed E-state index contributed by atoms with van der Waals surface area (Å²) < 4.78 is 9.49. The van der Waals surface area contributed by atoms with Crippen molar-refractivity contribution in [3.05, 3.63) is 12.2 Å². The molecule has 5 heteroatoms. The zero-order chi connectivity index (χ0) is 11.7. The van der Waals surface area contributed by atoms with E-state index in [0.717, 1.165) is 6.42 Å². The highest BCUT2D eigenvalue weighted by Crippen LogP contribution is 1.90. The molecule has 1 amide bonds. The molecule has 1 N–H and O–H groups in total. The Kier molecular flexibility index (Phi) is 7.05. The molecule has 0 aromatic carbocycles. The lowest BCUT2D eigenvalue weighted by Crippen LogP contribution is -2.28. The number of alkyl carbamates (subject to hydrolysis) is 1. The summed E-state index contributed by atoms with van der Waals surface area (Å²) in [6, 6.07) is 0. The number of hydrogen-bond donors (Lipinski definition) is 1. The largest absolute Gasteiger partial charge is 0.460 e. The Morgan fingerprint density at radius 2 is 2.00 bits per heavy atom. The van der Waals surface area contributed by atoms with Crippen molar-refractivity contribution in [1.82, 2.24) is 5.32 Å². The highest BCUT2D eigenvalue weighted by atomic mass is 16.6. The third-order valence-corrected chi connectivity index (χ3v) is 1.39. The van der Waals surface area contributed by atoms with Crippen LogP contribution in [0.4, 0.5) is 4.79 Å². The molecule has 0 bridgehead atoms. The van der Waals surface area contributed by atoms with Crippen molar-refractivity contribution in [2.45, 2.75) is 20.3 Å². The fourth-order valence-corrected chi connectivity index (χ4v) is 0.666. The molecule has 0 atom stereocenters.